The first kappa shape index (κ1) is 19.1. The number of nitrogens with one attached hydrogen (secondary N) is 1. The minimum absolute atomic E-state index is 0.0118. The Kier molecular flexibility index (Phi) is 6.84. The minimum atomic E-state index is -0.467. The van der Waals surface area contributed by atoms with Crippen molar-refractivity contribution >= 4 is 17.8 Å². The number of nitrogens with zero attached hydrogens (tertiary/aromatic N) is 2. The Hall–Kier alpha value is -3.22. The van der Waals surface area contributed by atoms with Gasteiger partial charge in [-0.25, -0.2) is 5.43 Å². The van der Waals surface area contributed by atoms with Crippen LogP contribution >= 0.6 is 0 Å². The van der Waals surface area contributed by atoms with Crippen LogP contribution in [0.25, 0.3) is 0 Å². The van der Waals surface area contributed by atoms with Gasteiger partial charge in [0.15, 0.2) is 0 Å². The lowest BCUT2D eigenvalue weighted by Gasteiger charge is -2.09. The third-order valence-corrected chi connectivity index (χ3v) is 3.80. The van der Waals surface area contributed by atoms with Gasteiger partial charge in [0.05, 0.1) is 18.2 Å². The summed E-state index contributed by atoms with van der Waals surface area (Å²) < 4.78 is 5.35. The van der Waals surface area contributed by atoms with Gasteiger partial charge >= 0.3 is 0 Å². The van der Waals surface area contributed by atoms with Crippen LogP contribution in [0.5, 0.6) is 5.75 Å². The number of hydrogen-bond acceptors (Lipinski definition) is 5. The molecule has 2 rings (SSSR count). The quantitative estimate of drug-likeness (QED) is 0.446. The standard InChI is InChI=1S/C19H21N3O4/c1-14-6-9-16(18(12-14)26-2)4-3-5-19(23)21-20-13-15-7-10-17(11-8-15)22(24)25/h6-13H,3-5H2,1-2H3,(H,21,23)/b20-13-. The van der Waals surface area contributed by atoms with Crippen LogP contribution in [0.3, 0.4) is 0 Å². The molecule has 136 valence electrons. The summed E-state index contributed by atoms with van der Waals surface area (Å²) in [6, 6.07) is 11.9. The van der Waals surface area contributed by atoms with Crippen LogP contribution in [0.15, 0.2) is 47.6 Å². The molecular weight excluding hydrogens is 334 g/mol. The summed E-state index contributed by atoms with van der Waals surface area (Å²) in [5.74, 6) is 0.649. The lowest BCUT2D eigenvalue weighted by molar-refractivity contribution is -0.384. The van der Waals surface area contributed by atoms with Crippen molar-refractivity contribution in [1.82, 2.24) is 5.43 Å². The molecule has 0 saturated heterocycles. The maximum atomic E-state index is 11.8. The molecule has 0 spiro atoms. The maximum Gasteiger partial charge on any atom is 0.269 e. The average molecular weight is 355 g/mol. The van der Waals surface area contributed by atoms with E-state index in [4.69, 9.17) is 4.74 Å². The van der Waals surface area contributed by atoms with E-state index in [-0.39, 0.29) is 11.6 Å². The van der Waals surface area contributed by atoms with Gasteiger partial charge in [-0.2, -0.15) is 5.10 Å². The Labute approximate surface area is 151 Å². The van der Waals surface area contributed by atoms with E-state index in [1.165, 1.54) is 18.3 Å². The number of hydrogen-bond donors (Lipinski definition) is 1. The van der Waals surface area contributed by atoms with E-state index in [0.717, 1.165) is 23.3 Å². The lowest BCUT2D eigenvalue weighted by atomic mass is 10.0. The predicted molar refractivity (Wildman–Crippen MR) is 99.5 cm³/mol. The van der Waals surface area contributed by atoms with Crippen LogP contribution in [0.1, 0.15) is 29.5 Å². The predicted octanol–water partition coefficient (Wildman–Crippen LogP) is 3.38. The molecule has 0 aliphatic heterocycles. The zero-order valence-corrected chi connectivity index (χ0v) is 14.8. The number of benzene rings is 2. The Morgan fingerprint density at radius 1 is 1.27 bits per heavy atom. The fourth-order valence-corrected chi connectivity index (χ4v) is 2.41. The second-order valence-corrected chi connectivity index (χ2v) is 5.81. The summed E-state index contributed by atoms with van der Waals surface area (Å²) in [7, 11) is 1.64. The number of methoxy groups -OCH3 is 1. The van der Waals surface area contributed by atoms with Gasteiger partial charge in [-0.1, -0.05) is 12.1 Å². The summed E-state index contributed by atoms with van der Waals surface area (Å²) in [4.78, 5) is 21.9. The van der Waals surface area contributed by atoms with Gasteiger partial charge in [0.25, 0.3) is 5.69 Å². The topological polar surface area (TPSA) is 93.8 Å². The number of non-ortho nitro benzene ring substituents is 1. The van der Waals surface area contributed by atoms with Crippen molar-refractivity contribution in [2.24, 2.45) is 5.10 Å². The van der Waals surface area contributed by atoms with Gasteiger partial charge < -0.3 is 4.74 Å². The highest BCUT2D eigenvalue weighted by atomic mass is 16.6. The highest BCUT2D eigenvalue weighted by molar-refractivity contribution is 5.82. The van der Waals surface area contributed by atoms with Gasteiger partial charge in [-0.15, -0.1) is 0 Å². The molecule has 0 heterocycles. The molecule has 7 heteroatoms. The first-order valence-electron chi connectivity index (χ1n) is 8.19. The summed E-state index contributed by atoms with van der Waals surface area (Å²) in [6.45, 7) is 2.00. The van der Waals surface area contributed by atoms with Gasteiger partial charge in [0.1, 0.15) is 5.75 Å². The highest BCUT2D eigenvalue weighted by Gasteiger charge is 2.06. The lowest BCUT2D eigenvalue weighted by Crippen LogP contribution is -2.17. The number of amides is 1. The first-order chi connectivity index (χ1) is 12.5. The van der Waals surface area contributed by atoms with Gasteiger partial charge in [0.2, 0.25) is 5.91 Å². The molecule has 0 aromatic heterocycles. The molecule has 7 nitrogen and oxygen atoms in total. The van der Waals surface area contributed by atoms with Crippen LogP contribution in [0, 0.1) is 17.0 Å². The molecular formula is C19H21N3O4. The van der Waals surface area contributed by atoms with E-state index < -0.39 is 4.92 Å². The van der Waals surface area contributed by atoms with E-state index in [1.807, 2.05) is 25.1 Å². The molecule has 0 aliphatic rings. The number of nitro benzene ring substituents is 1. The third kappa shape index (κ3) is 5.70. The summed E-state index contributed by atoms with van der Waals surface area (Å²) in [5.41, 5.74) is 5.33. The zero-order chi connectivity index (χ0) is 18.9. The Morgan fingerprint density at radius 3 is 2.65 bits per heavy atom. The first-order valence-corrected chi connectivity index (χ1v) is 8.19. The van der Waals surface area contributed by atoms with Crippen molar-refractivity contribution in [2.75, 3.05) is 7.11 Å². The summed E-state index contributed by atoms with van der Waals surface area (Å²) in [5, 5.41) is 14.5. The fraction of sp³-hybridized carbons (Fsp3) is 0.263. The van der Waals surface area contributed by atoms with E-state index in [0.29, 0.717) is 18.4 Å². The molecule has 0 bridgehead atoms. The van der Waals surface area contributed by atoms with Crippen molar-refractivity contribution < 1.29 is 14.5 Å². The smallest absolute Gasteiger partial charge is 0.269 e. The monoisotopic (exact) mass is 355 g/mol. The molecule has 1 amide bonds. The Morgan fingerprint density at radius 2 is 2.00 bits per heavy atom. The number of aryl methyl sites for hydroxylation is 2. The minimum Gasteiger partial charge on any atom is -0.496 e. The van der Waals surface area contributed by atoms with Crippen LogP contribution in [-0.4, -0.2) is 24.2 Å². The Balaban J connectivity index is 1.77. The van der Waals surface area contributed by atoms with Crippen molar-refractivity contribution in [3.05, 3.63) is 69.3 Å². The number of carbonyl (C=O) groups excluding carboxylic acids is 1. The SMILES string of the molecule is COc1cc(C)ccc1CCCC(=O)N/N=C\c1ccc([N+](=O)[O-])cc1. The summed E-state index contributed by atoms with van der Waals surface area (Å²) >= 11 is 0. The number of hydrazone groups is 1. The third-order valence-electron chi connectivity index (χ3n) is 3.80. The van der Waals surface area contributed by atoms with Crippen LogP contribution in [0.4, 0.5) is 5.69 Å². The number of carbonyl (C=O) groups is 1. The largest absolute Gasteiger partial charge is 0.496 e. The number of nitro groups is 1. The molecule has 0 atom stereocenters. The molecule has 26 heavy (non-hydrogen) atoms. The van der Waals surface area contributed by atoms with Crippen molar-refractivity contribution in [3.63, 3.8) is 0 Å². The second-order valence-electron chi connectivity index (χ2n) is 5.81. The van der Waals surface area contributed by atoms with Crippen molar-refractivity contribution in [2.45, 2.75) is 26.2 Å². The molecule has 0 unspecified atom stereocenters. The van der Waals surface area contributed by atoms with Gasteiger partial charge in [0, 0.05) is 18.6 Å². The van der Waals surface area contributed by atoms with E-state index in [9.17, 15) is 14.9 Å². The highest BCUT2D eigenvalue weighted by Crippen LogP contribution is 2.21. The van der Waals surface area contributed by atoms with Crippen molar-refractivity contribution in [3.8, 4) is 5.75 Å². The second kappa shape index (κ2) is 9.31. The average Bonchev–Trinajstić information content (AvgIpc) is 2.63. The number of ether oxygens (including phenoxy) is 1. The molecule has 2 aromatic rings. The fourth-order valence-electron chi connectivity index (χ4n) is 2.41. The number of rotatable bonds is 8. The molecule has 0 fully saturated rings. The molecule has 0 radical (unpaired) electrons. The molecule has 1 N–H and O–H groups in total. The summed E-state index contributed by atoms with van der Waals surface area (Å²) in [6.07, 6.45) is 3.21. The molecule has 2 aromatic carbocycles. The van der Waals surface area contributed by atoms with Gasteiger partial charge in [-0.3, -0.25) is 14.9 Å². The van der Waals surface area contributed by atoms with E-state index in [2.05, 4.69) is 10.5 Å². The van der Waals surface area contributed by atoms with Crippen LogP contribution < -0.4 is 10.2 Å². The van der Waals surface area contributed by atoms with E-state index >= 15 is 0 Å². The van der Waals surface area contributed by atoms with Gasteiger partial charge in [-0.05, 0) is 54.7 Å². The normalized spacial score (nSPS) is 10.7. The molecule has 0 saturated carbocycles. The maximum absolute atomic E-state index is 11.8. The Bertz CT molecular complexity index is 801. The zero-order valence-electron chi connectivity index (χ0n) is 14.8. The van der Waals surface area contributed by atoms with Crippen molar-refractivity contribution in [1.29, 1.82) is 0 Å². The van der Waals surface area contributed by atoms with E-state index in [1.54, 1.807) is 19.2 Å². The van der Waals surface area contributed by atoms with Crippen LogP contribution in [-0.2, 0) is 11.2 Å². The van der Waals surface area contributed by atoms with Crippen LogP contribution in [0.2, 0.25) is 0 Å². The molecule has 0 aliphatic carbocycles.